The zero-order chi connectivity index (χ0) is 17.1. The fourth-order valence-electron chi connectivity index (χ4n) is 2.28. The van der Waals surface area contributed by atoms with E-state index in [4.69, 9.17) is 0 Å². The van der Waals surface area contributed by atoms with Gasteiger partial charge in [0.15, 0.2) is 16.3 Å². The second-order valence-electron chi connectivity index (χ2n) is 5.35. The zero-order valence-electron chi connectivity index (χ0n) is 13.3. The number of aromatic nitrogens is 4. The Balaban J connectivity index is 1.77. The van der Waals surface area contributed by atoms with Gasteiger partial charge >= 0.3 is 0 Å². The van der Waals surface area contributed by atoms with E-state index < -0.39 is 0 Å². The minimum absolute atomic E-state index is 0.127. The highest BCUT2D eigenvalue weighted by Gasteiger charge is 2.20. The number of aromatic amines is 2. The molecular weight excluding hydrogens is 326 g/mol. The molecule has 2 heterocycles. The normalized spacial score (nSPS) is 12.2. The number of nitrogens with one attached hydrogen (secondary N) is 3. The first-order valence-electron chi connectivity index (χ1n) is 7.54. The Hall–Kier alpha value is -2.61. The molecule has 0 aliphatic heterocycles. The van der Waals surface area contributed by atoms with Crippen molar-refractivity contribution in [3.63, 3.8) is 0 Å². The molecule has 124 valence electrons. The van der Waals surface area contributed by atoms with Gasteiger partial charge in [-0.05, 0) is 31.0 Å². The summed E-state index contributed by atoms with van der Waals surface area (Å²) in [5.41, 5.74) is 2.20. The highest BCUT2D eigenvalue weighted by Crippen LogP contribution is 2.23. The SMILES string of the molecule is CCC(Sc1nc2nc[nH]c2c(=O)[nH]1)C(=O)Nc1cccc(C)c1. The molecule has 0 radical (unpaired) electrons. The number of nitrogens with zero attached hydrogens (tertiary/aromatic N) is 2. The molecule has 7 nitrogen and oxygen atoms in total. The lowest BCUT2D eigenvalue weighted by Crippen LogP contribution is -2.25. The quantitative estimate of drug-likeness (QED) is 0.488. The van der Waals surface area contributed by atoms with Gasteiger partial charge in [0.25, 0.3) is 5.56 Å². The Morgan fingerprint density at radius 2 is 2.25 bits per heavy atom. The third-order valence-corrected chi connectivity index (χ3v) is 4.73. The Morgan fingerprint density at radius 1 is 1.42 bits per heavy atom. The number of benzene rings is 1. The van der Waals surface area contributed by atoms with Crippen LogP contribution in [-0.2, 0) is 4.79 Å². The monoisotopic (exact) mass is 343 g/mol. The number of hydrogen-bond acceptors (Lipinski definition) is 5. The van der Waals surface area contributed by atoms with Crippen LogP contribution in [-0.4, -0.2) is 31.1 Å². The topological polar surface area (TPSA) is 104 Å². The third kappa shape index (κ3) is 3.48. The van der Waals surface area contributed by atoms with Crippen molar-refractivity contribution in [3.05, 3.63) is 46.5 Å². The maximum atomic E-state index is 12.5. The van der Waals surface area contributed by atoms with Crippen LogP contribution < -0.4 is 10.9 Å². The van der Waals surface area contributed by atoms with Crippen LogP contribution in [0, 0.1) is 6.92 Å². The maximum Gasteiger partial charge on any atom is 0.277 e. The van der Waals surface area contributed by atoms with Gasteiger partial charge in [-0.2, -0.15) is 0 Å². The lowest BCUT2D eigenvalue weighted by atomic mass is 10.2. The van der Waals surface area contributed by atoms with Gasteiger partial charge in [0.2, 0.25) is 5.91 Å². The van der Waals surface area contributed by atoms with Crippen molar-refractivity contribution >= 4 is 34.5 Å². The van der Waals surface area contributed by atoms with E-state index in [-0.39, 0.29) is 16.7 Å². The van der Waals surface area contributed by atoms with Crippen LogP contribution >= 0.6 is 11.8 Å². The molecule has 0 spiro atoms. The molecule has 3 N–H and O–H groups in total. The summed E-state index contributed by atoms with van der Waals surface area (Å²) in [5, 5.41) is 2.91. The summed E-state index contributed by atoms with van der Waals surface area (Å²) in [5.74, 6) is -0.127. The number of carbonyl (C=O) groups is 1. The van der Waals surface area contributed by atoms with Crippen LogP contribution in [0.2, 0.25) is 0 Å². The molecule has 2 aromatic heterocycles. The Morgan fingerprint density at radius 3 is 3.00 bits per heavy atom. The lowest BCUT2D eigenvalue weighted by Gasteiger charge is -2.14. The van der Waals surface area contributed by atoms with E-state index in [9.17, 15) is 9.59 Å². The molecule has 0 bridgehead atoms. The van der Waals surface area contributed by atoms with Gasteiger partial charge in [0.1, 0.15) is 0 Å². The Kier molecular flexibility index (Phi) is 4.66. The molecule has 1 aromatic carbocycles. The summed E-state index contributed by atoms with van der Waals surface area (Å²) >= 11 is 1.22. The van der Waals surface area contributed by atoms with E-state index in [1.54, 1.807) is 0 Å². The Labute approximate surface area is 142 Å². The van der Waals surface area contributed by atoms with Gasteiger partial charge in [-0.25, -0.2) is 9.97 Å². The van der Waals surface area contributed by atoms with E-state index >= 15 is 0 Å². The average Bonchev–Trinajstić information content (AvgIpc) is 3.01. The van der Waals surface area contributed by atoms with Crippen LogP contribution in [0.1, 0.15) is 18.9 Å². The second kappa shape index (κ2) is 6.88. The van der Waals surface area contributed by atoms with Crippen molar-refractivity contribution in [2.75, 3.05) is 5.32 Å². The van der Waals surface area contributed by atoms with Crippen LogP contribution in [0.4, 0.5) is 5.69 Å². The average molecular weight is 343 g/mol. The Bertz CT molecular complexity index is 933. The van der Waals surface area contributed by atoms with Crippen LogP contribution in [0.5, 0.6) is 0 Å². The van der Waals surface area contributed by atoms with Crippen molar-refractivity contribution in [1.29, 1.82) is 0 Å². The summed E-state index contributed by atoms with van der Waals surface area (Å²) in [6.07, 6.45) is 2.02. The van der Waals surface area contributed by atoms with Gasteiger partial charge in [-0.15, -0.1) is 0 Å². The smallest absolute Gasteiger partial charge is 0.277 e. The molecule has 1 unspecified atom stereocenters. The summed E-state index contributed by atoms with van der Waals surface area (Å²) < 4.78 is 0. The highest BCUT2D eigenvalue weighted by atomic mass is 32.2. The van der Waals surface area contributed by atoms with Crippen molar-refractivity contribution < 1.29 is 4.79 Å². The molecule has 8 heteroatoms. The number of aryl methyl sites for hydroxylation is 1. The van der Waals surface area contributed by atoms with Gasteiger partial charge in [-0.3, -0.25) is 14.6 Å². The van der Waals surface area contributed by atoms with Gasteiger partial charge in [-0.1, -0.05) is 30.8 Å². The van der Waals surface area contributed by atoms with Crippen molar-refractivity contribution in [2.24, 2.45) is 0 Å². The highest BCUT2D eigenvalue weighted by molar-refractivity contribution is 8.00. The summed E-state index contributed by atoms with van der Waals surface area (Å²) in [6, 6.07) is 7.61. The predicted octanol–water partition coefficient (Wildman–Crippen LogP) is 2.46. The number of carbonyl (C=O) groups excluding carboxylic acids is 1. The van der Waals surface area contributed by atoms with Crippen LogP contribution in [0.25, 0.3) is 11.2 Å². The largest absolute Gasteiger partial charge is 0.339 e. The molecular formula is C16H17N5O2S. The number of hydrogen-bond donors (Lipinski definition) is 3. The molecule has 0 saturated carbocycles. The first-order chi connectivity index (χ1) is 11.6. The number of H-pyrrole nitrogens is 2. The van der Waals surface area contributed by atoms with E-state index in [0.717, 1.165) is 11.3 Å². The minimum atomic E-state index is -0.370. The van der Waals surface area contributed by atoms with Crippen molar-refractivity contribution in [3.8, 4) is 0 Å². The molecule has 0 aliphatic carbocycles. The number of rotatable bonds is 5. The van der Waals surface area contributed by atoms with E-state index in [1.165, 1.54) is 18.1 Å². The summed E-state index contributed by atoms with van der Waals surface area (Å²) in [7, 11) is 0. The molecule has 3 rings (SSSR count). The van der Waals surface area contributed by atoms with Crippen molar-refractivity contribution in [1.82, 2.24) is 19.9 Å². The number of imidazole rings is 1. The molecule has 1 atom stereocenters. The summed E-state index contributed by atoms with van der Waals surface area (Å²) in [6.45, 7) is 3.88. The van der Waals surface area contributed by atoms with Crippen LogP contribution in [0.15, 0.2) is 40.5 Å². The number of thioether (sulfide) groups is 1. The molecule has 0 fully saturated rings. The molecule has 0 aliphatic rings. The predicted molar refractivity (Wildman–Crippen MR) is 94.3 cm³/mol. The van der Waals surface area contributed by atoms with Gasteiger partial charge < -0.3 is 10.3 Å². The fraction of sp³-hybridized carbons (Fsp3) is 0.250. The first kappa shape index (κ1) is 16.3. The zero-order valence-corrected chi connectivity index (χ0v) is 14.1. The van der Waals surface area contributed by atoms with E-state index in [1.807, 2.05) is 38.1 Å². The summed E-state index contributed by atoms with van der Waals surface area (Å²) in [4.78, 5) is 38.1. The maximum absolute atomic E-state index is 12.5. The molecule has 3 aromatic rings. The third-order valence-electron chi connectivity index (χ3n) is 3.48. The van der Waals surface area contributed by atoms with Gasteiger partial charge in [0, 0.05) is 5.69 Å². The number of amides is 1. The molecule has 0 saturated heterocycles. The minimum Gasteiger partial charge on any atom is -0.339 e. The van der Waals surface area contributed by atoms with Crippen LogP contribution in [0.3, 0.4) is 0 Å². The van der Waals surface area contributed by atoms with E-state index in [0.29, 0.717) is 22.7 Å². The molecule has 24 heavy (non-hydrogen) atoms. The second-order valence-corrected chi connectivity index (χ2v) is 6.54. The number of fused-ring (bicyclic) bond motifs is 1. The fourth-order valence-corrected chi connectivity index (χ4v) is 3.17. The number of anilines is 1. The first-order valence-corrected chi connectivity index (χ1v) is 8.42. The van der Waals surface area contributed by atoms with E-state index in [2.05, 4.69) is 25.3 Å². The standard InChI is InChI=1S/C16H17N5O2S/c1-3-11(14(22)19-10-6-4-5-9(2)7-10)24-16-20-13-12(15(23)21-16)17-8-18-13/h4-8,11H,3H2,1-2H3,(H,19,22)(H2,17,18,20,21,23). The molecule has 1 amide bonds. The lowest BCUT2D eigenvalue weighted by molar-refractivity contribution is -0.115. The van der Waals surface area contributed by atoms with Crippen molar-refractivity contribution in [2.45, 2.75) is 30.7 Å². The van der Waals surface area contributed by atoms with Gasteiger partial charge in [0.05, 0.1) is 11.6 Å².